The lowest BCUT2D eigenvalue weighted by Gasteiger charge is -2.35. The van der Waals surface area contributed by atoms with E-state index >= 15 is 0 Å². The lowest BCUT2D eigenvalue weighted by molar-refractivity contribution is -0.139. The second kappa shape index (κ2) is 5.87. The highest BCUT2D eigenvalue weighted by atomic mass is 32.2. The molecule has 7 nitrogen and oxygen atoms in total. The number of aromatic nitrogens is 2. The molecule has 0 radical (unpaired) electrons. The number of anilines is 1. The third-order valence-electron chi connectivity index (χ3n) is 2.83. The molecule has 1 aromatic heterocycles. The van der Waals surface area contributed by atoms with Crippen LogP contribution in [0.3, 0.4) is 0 Å². The van der Waals surface area contributed by atoms with Gasteiger partial charge in [-0.15, -0.1) is 11.8 Å². The summed E-state index contributed by atoms with van der Waals surface area (Å²) < 4.78 is 0. The monoisotopic (exact) mass is 282 g/mol. The molecule has 2 N–H and O–H groups in total. The van der Waals surface area contributed by atoms with Crippen molar-refractivity contribution >= 4 is 29.5 Å². The summed E-state index contributed by atoms with van der Waals surface area (Å²) in [6.07, 6.45) is 3.07. The van der Waals surface area contributed by atoms with E-state index in [2.05, 4.69) is 15.3 Å². The van der Waals surface area contributed by atoms with Crippen LogP contribution in [0, 0.1) is 0 Å². The van der Waals surface area contributed by atoms with E-state index in [1.54, 1.807) is 11.0 Å². The molecule has 19 heavy (non-hydrogen) atoms. The van der Waals surface area contributed by atoms with E-state index < -0.39 is 12.0 Å². The van der Waals surface area contributed by atoms with Gasteiger partial charge in [-0.2, -0.15) is 0 Å². The normalized spacial score (nSPS) is 19.1. The first-order chi connectivity index (χ1) is 9.11. The molecule has 1 unspecified atom stereocenters. The van der Waals surface area contributed by atoms with E-state index in [0.717, 1.165) is 5.03 Å². The topological polar surface area (TPSA) is 95.4 Å². The second-order valence-corrected chi connectivity index (χ2v) is 4.84. The molecule has 0 aromatic carbocycles. The molecule has 0 bridgehead atoms. The number of carboxylic acids is 1. The number of nitrogens with zero attached hydrogens (tertiary/aromatic N) is 3. The van der Waals surface area contributed by atoms with Crippen molar-refractivity contribution in [2.75, 3.05) is 24.2 Å². The zero-order valence-corrected chi connectivity index (χ0v) is 11.2. The predicted octanol–water partition coefficient (Wildman–Crippen LogP) is -0.0220. The molecule has 2 heterocycles. The fourth-order valence-electron chi connectivity index (χ4n) is 1.96. The van der Waals surface area contributed by atoms with Gasteiger partial charge < -0.3 is 15.3 Å². The van der Waals surface area contributed by atoms with Gasteiger partial charge in [-0.3, -0.25) is 9.59 Å². The molecule has 1 aromatic rings. The Morgan fingerprint density at radius 1 is 1.63 bits per heavy atom. The standard InChI is InChI=1S/C11H14N4O3S/c1-19-9-5-8(13-6-14-9)15-3-2-12-11(18)7(15)4-10(16)17/h5-7H,2-4H2,1H3,(H,12,18)(H,16,17). The number of thioether (sulfide) groups is 1. The van der Waals surface area contributed by atoms with Crippen LogP contribution in [0.2, 0.25) is 0 Å². The van der Waals surface area contributed by atoms with Crippen LogP contribution in [0.1, 0.15) is 6.42 Å². The summed E-state index contributed by atoms with van der Waals surface area (Å²) >= 11 is 1.47. The molecule has 2 rings (SSSR count). The van der Waals surface area contributed by atoms with Crippen molar-refractivity contribution in [3.63, 3.8) is 0 Å². The van der Waals surface area contributed by atoms with Gasteiger partial charge in [-0.25, -0.2) is 9.97 Å². The summed E-state index contributed by atoms with van der Waals surface area (Å²) in [5, 5.41) is 12.4. The van der Waals surface area contributed by atoms with Gasteiger partial charge in [0.15, 0.2) is 0 Å². The van der Waals surface area contributed by atoms with Gasteiger partial charge in [0.2, 0.25) is 5.91 Å². The summed E-state index contributed by atoms with van der Waals surface area (Å²) in [5.74, 6) is -0.704. The van der Waals surface area contributed by atoms with Crippen LogP contribution in [0.25, 0.3) is 0 Å². The molecule has 0 aliphatic carbocycles. The Bertz CT molecular complexity index is 497. The van der Waals surface area contributed by atoms with Crippen molar-refractivity contribution in [2.24, 2.45) is 0 Å². The van der Waals surface area contributed by atoms with Gasteiger partial charge in [0.1, 0.15) is 23.2 Å². The minimum atomic E-state index is -1.01. The van der Waals surface area contributed by atoms with E-state index in [1.807, 2.05) is 6.26 Å². The molecule has 1 fully saturated rings. The fraction of sp³-hybridized carbons (Fsp3) is 0.455. The maximum absolute atomic E-state index is 11.8. The summed E-state index contributed by atoms with van der Waals surface area (Å²) in [5.41, 5.74) is 0. The van der Waals surface area contributed by atoms with Crippen molar-refractivity contribution in [2.45, 2.75) is 17.5 Å². The Kier molecular flexibility index (Phi) is 4.20. The number of piperazine rings is 1. The van der Waals surface area contributed by atoms with Crippen LogP contribution in [-0.2, 0) is 9.59 Å². The number of hydrogen-bond donors (Lipinski definition) is 2. The number of carboxylic acid groups (broad SMARTS) is 1. The molecule has 0 saturated carbocycles. The average Bonchev–Trinajstić information content (AvgIpc) is 2.40. The number of nitrogens with one attached hydrogen (secondary N) is 1. The Balaban J connectivity index is 2.27. The zero-order valence-electron chi connectivity index (χ0n) is 10.4. The first-order valence-corrected chi connectivity index (χ1v) is 6.96. The minimum Gasteiger partial charge on any atom is -0.481 e. The van der Waals surface area contributed by atoms with Crippen LogP contribution >= 0.6 is 11.8 Å². The molecule has 1 amide bonds. The summed E-state index contributed by atoms with van der Waals surface area (Å²) in [4.78, 5) is 32.6. The number of carbonyl (C=O) groups is 2. The van der Waals surface area contributed by atoms with Crippen molar-refractivity contribution in [1.29, 1.82) is 0 Å². The highest BCUT2D eigenvalue weighted by Gasteiger charge is 2.32. The zero-order chi connectivity index (χ0) is 13.8. The molecule has 1 atom stereocenters. The Hall–Kier alpha value is -1.83. The number of aliphatic carboxylic acids is 1. The first kappa shape index (κ1) is 13.6. The molecule has 1 aliphatic rings. The summed E-state index contributed by atoms with van der Waals surface area (Å²) in [6.45, 7) is 1.02. The second-order valence-electron chi connectivity index (χ2n) is 4.02. The molecule has 1 aliphatic heterocycles. The molecule has 8 heteroatoms. The molecule has 1 saturated heterocycles. The van der Waals surface area contributed by atoms with E-state index in [4.69, 9.17) is 5.11 Å². The van der Waals surface area contributed by atoms with Gasteiger partial charge in [0.05, 0.1) is 6.42 Å². The Labute approximate surface area is 114 Å². The van der Waals surface area contributed by atoms with Gasteiger partial charge in [0.25, 0.3) is 0 Å². The fourth-order valence-corrected chi connectivity index (χ4v) is 2.33. The smallest absolute Gasteiger partial charge is 0.305 e. The third-order valence-corrected chi connectivity index (χ3v) is 3.47. The lowest BCUT2D eigenvalue weighted by Crippen LogP contribution is -2.56. The first-order valence-electron chi connectivity index (χ1n) is 5.74. The third kappa shape index (κ3) is 3.14. The summed E-state index contributed by atoms with van der Waals surface area (Å²) in [7, 11) is 0. The van der Waals surface area contributed by atoms with E-state index in [-0.39, 0.29) is 12.3 Å². The lowest BCUT2D eigenvalue weighted by atomic mass is 10.1. The van der Waals surface area contributed by atoms with Crippen molar-refractivity contribution in [1.82, 2.24) is 15.3 Å². The summed E-state index contributed by atoms with van der Waals surface area (Å²) in [6, 6.07) is 1.04. The molecule has 102 valence electrons. The molecular weight excluding hydrogens is 268 g/mol. The van der Waals surface area contributed by atoms with E-state index in [1.165, 1.54) is 18.1 Å². The SMILES string of the molecule is CSc1cc(N2CCNC(=O)C2CC(=O)O)ncn1. The van der Waals surface area contributed by atoms with E-state index in [0.29, 0.717) is 18.9 Å². The molecular formula is C11H14N4O3S. The number of amides is 1. The van der Waals surface area contributed by atoms with Gasteiger partial charge in [-0.1, -0.05) is 0 Å². The van der Waals surface area contributed by atoms with Crippen molar-refractivity contribution in [3.8, 4) is 0 Å². The quantitative estimate of drug-likeness (QED) is 0.591. The maximum atomic E-state index is 11.8. The van der Waals surface area contributed by atoms with Crippen LogP contribution in [0.4, 0.5) is 5.82 Å². The van der Waals surface area contributed by atoms with Crippen LogP contribution in [0.5, 0.6) is 0 Å². The van der Waals surface area contributed by atoms with Crippen LogP contribution in [-0.4, -0.2) is 52.3 Å². The van der Waals surface area contributed by atoms with Gasteiger partial charge >= 0.3 is 5.97 Å². The Morgan fingerprint density at radius 3 is 3.11 bits per heavy atom. The molecule has 0 spiro atoms. The minimum absolute atomic E-state index is 0.246. The van der Waals surface area contributed by atoms with Crippen molar-refractivity contribution < 1.29 is 14.7 Å². The number of carbonyl (C=O) groups excluding carboxylic acids is 1. The predicted molar refractivity (Wildman–Crippen MR) is 70.2 cm³/mol. The average molecular weight is 282 g/mol. The van der Waals surface area contributed by atoms with Crippen LogP contribution in [0.15, 0.2) is 17.4 Å². The number of rotatable bonds is 4. The van der Waals surface area contributed by atoms with Crippen molar-refractivity contribution in [3.05, 3.63) is 12.4 Å². The van der Waals surface area contributed by atoms with Crippen LogP contribution < -0.4 is 10.2 Å². The van der Waals surface area contributed by atoms with Gasteiger partial charge in [-0.05, 0) is 6.26 Å². The van der Waals surface area contributed by atoms with E-state index in [9.17, 15) is 9.59 Å². The maximum Gasteiger partial charge on any atom is 0.305 e. The Morgan fingerprint density at radius 2 is 2.42 bits per heavy atom. The van der Waals surface area contributed by atoms with Gasteiger partial charge in [0, 0.05) is 19.2 Å². The largest absolute Gasteiger partial charge is 0.481 e. The number of hydrogen-bond acceptors (Lipinski definition) is 6. The highest BCUT2D eigenvalue weighted by Crippen LogP contribution is 2.21. The highest BCUT2D eigenvalue weighted by molar-refractivity contribution is 7.98.